The molecule has 94 valence electrons. The molecule has 0 amide bonds. The van der Waals surface area contributed by atoms with Crippen LogP contribution >= 0.6 is 0 Å². The molecule has 0 spiro atoms. The summed E-state index contributed by atoms with van der Waals surface area (Å²) in [4.78, 5) is 2.54. The van der Waals surface area contributed by atoms with Crippen LogP contribution in [-0.2, 0) is 4.74 Å². The first-order chi connectivity index (χ1) is 7.79. The van der Waals surface area contributed by atoms with Gasteiger partial charge in [-0.1, -0.05) is 0 Å². The number of piperidine rings is 3. The predicted molar refractivity (Wildman–Crippen MR) is 63.5 cm³/mol. The first kappa shape index (κ1) is 12.3. The Bertz CT molecular complexity index is 205. The predicted octanol–water partition coefficient (Wildman–Crippen LogP) is 0.0676. The maximum absolute atomic E-state index is 9.54. The molecule has 2 bridgehead atoms. The standard InChI is InChI=1S/C12H24N2O2/c1-16-9-11(15)2-5-13-12-8-14-6-3-10(12)4-7-14/h10-13,15H,2-9H2,1H3. The van der Waals surface area contributed by atoms with Crippen LogP contribution in [0.25, 0.3) is 0 Å². The van der Waals surface area contributed by atoms with Crippen LogP contribution in [0, 0.1) is 5.92 Å². The third-order valence-corrected chi connectivity index (χ3v) is 3.90. The molecule has 2 unspecified atom stereocenters. The molecule has 0 aromatic heterocycles. The highest BCUT2D eigenvalue weighted by Crippen LogP contribution is 2.27. The van der Waals surface area contributed by atoms with Gasteiger partial charge in [-0.15, -0.1) is 0 Å². The third-order valence-electron chi connectivity index (χ3n) is 3.90. The van der Waals surface area contributed by atoms with Gasteiger partial charge >= 0.3 is 0 Å². The molecule has 16 heavy (non-hydrogen) atoms. The number of rotatable bonds is 6. The second-order valence-electron chi connectivity index (χ2n) is 5.10. The maximum Gasteiger partial charge on any atom is 0.0785 e. The van der Waals surface area contributed by atoms with Gasteiger partial charge in [0.1, 0.15) is 0 Å². The maximum atomic E-state index is 9.54. The summed E-state index contributed by atoms with van der Waals surface area (Å²) in [5, 5.41) is 13.1. The number of nitrogens with one attached hydrogen (secondary N) is 1. The van der Waals surface area contributed by atoms with Crippen LogP contribution in [0.4, 0.5) is 0 Å². The number of aliphatic hydroxyl groups excluding tert-OH is 1. The second-order valence-corrected chi connectivity index (χ2v) is 5.10. The molecular formula is C12H24N2O2. The number of aliphatic hydroxyl groups is 1. The van der Waals surface area contributed by atoms with E-state index in [2.05, 4.69) is 10.2 Å². The van der Waals surface area contributed by atoms with E-state index in [9.17, 15) is 5.11 Å². The number of fused-ring (bicyclic) bond motifs is 3. The van der Waals surface area contributed by atoms with Gasteiger partial charge in [-0.3, -0.25) is 0 Å². The Kier molecular flexibility index (Phi) is 4.58. The highest BCUT2D eigenvalue weighted by Gasteiger charge is 2.33. The summed E-state index contributed by atoms with van der Waals surface area (Å²) in [6, 6.07) is 0.650. The lowest BCUT2D eigenvalue weighted by atomic mass is 9.84. The summed E-state index contributed by atoms with van der Waals surface area (Å²) in [7, 11) is 1.63. The van der Waals surface area contributed by atoms with Crippen LogP contribution in [0.2, 0.25) is 0 Å². The molecule has 0 aliphatic carbocycles. The van der Waals surface area contributed by atoms with E-state index in [-0.39, 0.29) is 6.10 Å². The Balaban J connectivity index is 1.63. The van der Waals surface area contributed by atoms with E-state index in [1.807, 2.05) is 0 Å². The summed E-state index contributed by atoms with van der Waals surface area (Å²) in [6.45, 7) is 5.12. The molecule has 4 nitrogen and oxygen atoms in total. The largest absolute Gasteiger partial charge is 0.391 e. The van der Waals surface area contributed by atoms with Gasteiger partial charge in [0.15, 0.2) is 0 Å². The van der Waals surface area contributed by atoms with E-state index in [0.717, 1.165) is 18.9 Å². The van der Waals surface area contributed by atoms with Crippen molar-refractivity contribution in [3.8, 4) is 0 Å². The Labute approximate surface area is 98.0 Å². The topological polar surface area (TPSA) is 44.7 Å². The van der Waals surface area contributed by atoms with E-state index >= 15 is 0 Å². The van der Waals surface area contributed by atoms with Gasteiger partial charge in [0, 0.05) is 19.7 Å². The first-order valence-electron chi connectivity index (χ1n) is 6.42. The van der Waals surface area contributed by atoms with Gasteiger partial charge in [0.05, 0.1) is 12.7 Å². The monoisotopic (exact) mass is 228 g/mol. The number of hydrogen-bond donors (Lipinski definition) is 2. The lowest BCUT2D eigenvalue weighted by Gasteiger charge is -2.45. The molecule has 3 aliphatic rings. The van der Waals surface area contributed by atoms with Crippen molar-refractivity contribution >= 4 is 0 Å². The zero-order chi connectivity index (χ0) is 11.4. The molecular weight excluding hydrogens is 204 g/mol. The Morgan fingerprint density at radius 2 is 2.19 bits per heavy atom. The number of ether oxygens (including phenoxy) is 1. The van der Waals surface area contributed by atoms with Gasteiger partial charge in [-0.05, 0) is 44.8 Å². The molecule has 3 saturated heterocycles. The number of hydrogen-bond acceptors (Lipinski definition) is 4. The molecule has 2 N–H and O–H groups in total. The molecule has 3 fully saturated rings. The minimum Gasteiger partial charge on any atom is -0.391 e. The van der Waals surface area contributed by atoms with Gasteiger partial charge in [0.2, 0.25) is 0 Å². The third kappa shape index (κ3) is 3.17. The van der Waals surface area contributed by atoms with Crippen LogP contribution in [0.1, 0.15) is 19.3 Å². The first-order valence-corrected chi connectivity index (χ1v) is 6.42. The van der Waals surface area contributed by atoms with Crippen LogP contribution in [0.5, 0.6) is 0 Å². The fourth-order valence-electron chi connectivity index (χ4n) is 2.91. The summed E-state index contributed by atoms with van der Waals surface area (Å²) in [5.74, 6) is 0.865. The van der Waals surface area contributed by atoms with E-state index in [0.29, 0.717) is 12.6 Å². The Hall–Kier alpha value is -0.160. The molecule has 0 saturated carbocycles. The highest BCUT2D eigenvalue weighted by atomic mass is 16.5. The van der Waals surface area contributed by atoms with Crippen molar-refractivity contribution in [1.82, 2.24) is 10.2 Å². The minimum absolute atomic E-state index is 0.321. The molecule has 0 aromatic carbocycles. The summed E-state index contributed by atoms with van der Waals surface area (Å²) >= 11 is 0. The van der Waals surface area contributed by atoms with Crippen LogP contribution in [0.3, 0.4) is 0 Å². The molecule has 3 rings (SSSR count). The van der Waals surface area contributed by atoms with Gasteiger partial charge < -0.3 is 20.1 Å². The number of methoxy groups -OCH3 is 1. The van der Waals surface area contributed by atoms with Gasteiger partial charge in [0.25, 0.3) is 0 Å². The molecule has 3 aliphatic heterocycles. The fraction of sp³-hybridized carbons (Fsp3) is 1.00. The molecule has 3 heterocycles. The SMILES string of the molecule is COCC(O)CCNC1CN2CCC1CC2. The lowest BCUT2D eigenvalue weighted by molar-refractivity contribution is 0.0502. The van der Waals surface area contributed by atoms with Crippen LogP contribution < -0.4 is 5.32 Å². The number of nitrogens with zero attached hydrogens (tertiary/aromatic N) is 1. The average Bonchev–Trinajstić information content (AvgIpc) is 2.31. The Morgan fingerprint density at radius 3 is 2.75 bits per heavy atom. The van der Waals surface area contributed by atoms with Crippen molar-refractivity contribution in [2.45, 2.75) is 31.4 Å². The van der Waals surface area contributed by atoms with E-state index in [4.69, 9.17) is 4.74 Å². The van der Waals surface area contributed by atoms with E-state index in [1.54, 1.807) is 7.11 Å². The molecule has 0 aromatic rings. The summed E-state index contributed by atoms with van der Waals surface area (Å²) < 4.78 is 4.91. The quantitative estimate of drug-likeness (QED) is 0.675. The van der Waals surface area contributed by atoms with E-state index < -0.39 is 0 Å². The van der Waals surface area contributed by atoms with Gasteiger partial charge in [-0.2, -0.15) is 0 Å². The van der Waals surface area contributed by atoms with E-state index in [1.165, 1.54) is 32.5 Å². The van der Waals surface area contributed by atoms with Crippen molar-refractivity contribution in [2.24, 2.45) is 5.92 Å². The van der Waals surface area contributed by atoms with Crippen LogP contribution in [-0.4, -0.2) is 62.0 Å². The molecule has 0 radical (unpaired) electrons. The second kappa shape index (κ2) is 5.96. The van der Waals surface area contributed by atoms with Crippen molar-refractivity contribution in [2.75, 3.05) is 39.9 Å². The molecule has 2 atom stereocenters. The van der Waals surface area contributed by atoms with Crippen molar-refractivity contribution in [3.63, 3.8) is 0 Å². The average molecular weight is 228 g/mol. The van der Waals surface area contributed by atoms with Gasteiger partial charge in [-0.25, -0.2) is 0 Å². The normalized spacial score (nSPS) is 35.2. The zero-order valence-electron chi connectivity index (χ0n) is 10.2. The van der Waals surface area contributed by atoms with Crippen LogP contribution in [0.15, 0.2) is 0 Å². The van der Waals surface area contributed by atoms with Crippen molar-refractivity contribution in [3.05, 3.63) is 0 Å². The molecule has 4 heteroatoms. The van der Waals surface area contributed by atoms with Crippen molar-refractivity contribution in [1.29, 1.82) is 0 Å². The smallest absolute Gasteiger partial charge is 0.0785 e. The van der Waals surface area contributed by atoms with Crippen molar-refractivity contribution < 1.29 is 9.84 Å². The lowest BCUT2D eigenvalue weighted by Crippen LogP contribution is -2.56. The minimum atomic E-state index is -0.321. The zero-order valence-corrected chi connectivity index (χ0v) is 10.2. The fourth-order valence-corrected chi connectivity index (χ4v) is 2.91. The highest BCUT2D eigenvalue weighted by molar-refractivity contribution is 4.90. The summed E-state index contributed by atoms with van der Waals surface area (Å²) in [5.41, 5.74) is 0. The summed E-state index contributed by atoms with van der Waals surface area (Å²) in [6.07, 6.45) is 3.16. The Morgan fingerprint density at radius 1 is 1.44 bits per heavy atom.